The molecule has 0 aliphatic heterocycles. The highest BCUT2D eigenvalue weighted by Crippen LogP contribution is 2.14. The van der Waals surface area contributed by atoms with E-state index in [4.69, 9.17) is 17.3 Å². The first-order valence-corrected chi connectivity index (χ1v) is 3.88. The Morgan fingerprint density at radius 1 is 1.64 bits per heavy atom. The van der Waals surface area contributed by atoms with E-state index in [2.05, 4.69) is 0 Å². The Kier molecular flexibility index (Phi) is 2.85. The Balaban J connectivity index is 2.60. The van der Waals surface area contributed by atoms with Crippen LogP contribution in [-0.2, 0) is 4.79 Å². The SMILES string of the molecule is NC(C(=O)Cl)C1=CCC=CC1. The van der Waals surface area contributed by atoms with Gasteiger partial charge in [-0.3, -0.25) is 4.79 Å². The summed E-state index contributed by atoms with van der Waals surface area (Å²) in [4.78, 5) is 10.6. The molecule has 1 aliphatic rings. The van der Waals surface area contributed by atoms with Crippen molar-refractivity contribution in [1.82, 2.24) is 0 Å². The monoisotopic (exact) mass is 171 g/mol. The molecule has 0 amide bonds. The van der Waals surface area contributed by atoms with Crippen molar-refractivity contribution < 1.29 is 4.79 Å². The minimum atomic E-state index is -0.610. The van der Waals surface area contributed by atoms with E-state index >= 15 is 0 Å². The fourth-order valence-corrected chi connectivity index (χ4v) is 1.16. The lowest BCUT2D eigenvalue weighted by molar-refractivity contribution is -0.112. The van der Waals surface area contributed by atoms with Crippen LogP contribution < -0.4 is 5.73 Å². The van der Waals surface area contributed by atoms with Crippen LogP contribution in [-0.4, -0.2) is 11.3 Å². The maximum absolute atomic E-state index is 10.6. The Morgan fingerprint density at radius 2 is 2.36 bits per heavy atom. The first kappa shape index (κ1) is 8.50. The lowest BCUT2D eigenvalue weighted by atomic mass is 10.0. The molecule has 0 saturated carbocycles. The summed E-state index contributed by atoms with van der Waals surface area (Å²) in [5.41, 5.74) is 6.43. The van der Waals surface area contributed by atoms with Crippen LogP contribution in [0.4, 0.5) is 0 Å². The molecule has 3 heteroatoms. The van der Waals surface area contributed by atoms with Gasteiger partial charge in [0.15, 0.2) is 0 Å². The lowest BCUT2D eigenvalue weighted by Crippen LogP contribution is -2.29. The van der Waals surface area contributed by atoms with Crippen molar-refractivity contribution in [3.63, 3.8) is 0 Å². The summed E-state index contributed by atoms with van der Waals surface area (Å²) in [7, 11) is 0. The summed E-state index contributed by atoms with van der Waals surface area (Å²) in [6, 6.07) is -0.610. The predicted molar refractivity (Wildman–Crippen MR) is 45.3 cm³/mol. The molecule has 1 atom stereocenters. The van der Waals surface area contributed by atoms with E-state index in [1.165, 1.54) is 0 Å². The average Bonchev–Trinajstić information content (AvgIpc) is 2.05. The highest BCUT2D eigenvalue weighted by molar-refractivity contribution is 6.65. The molecule has 11 heavy (non-hydrogen) atoms. The third kappa shape index (κ3) is 2.17. The Hall–Kier alpha value is -0.600. The molecule has 0 fully saturated rings. The van der Waals surface area contributed by atoms with Gasteiger partial charge in [-0.2, -0.15) is 0 Å². The van der Waals surface area contributed by atoms with E-state index in [0.717, 1.165) is 18.4 Å². The fourth-order valence-electron chi connectivity index (χ4n) is 1.02. The van der Waals surface area contributed by atoms with Gasteiger partial charge in [0.1, 0.15) is 6.04 Å². The molecule has 0 radical (unpaired) electrons. The van der Waals surface area contributed by atoms with Crippen LogP contribution in [0.5, 0.6) is 0 Å². The van der Waals surface area contributed by atoms with Crippen molar-refractivity contribution >= 4 is 16.8 Å². The number of hydrogen-bond acceptors (Lipinski definition) is 2. The molecule has 0 bridgehead atoms. The van der Waals surface area contributed by atoms with E-state index in [0.29, 0.717) is 0 Å². The molecule has 60 valence electrons. The van der Waals surface area contributed by atoms with E-state index in [1.807, 2.05) is 18.2 Å². The van der Waals surface area contributed by atoms with Gasteiger partial charge in [-0.05, 0) is 30.0 Å². The van der Waals surface area contributed by atoms with E-state index in [-0.39, 0.29) is 0 Å². The zero-order valence-corrected chi connectivity index (χ0v) is 6.84. The summed E-state index contributed by atoms with van der Waals surface area (Å²) in [5.74, 6) is 0. The molecule has 0 aromatic rings. The molecule has 0 aromatic carbocycles. The number of carbonyl (C=O) groups is 1. The highest BCUT2D eigenvalue weighted by Gasteiger charge is 2.15. The van der Waals surface area contributed by atoms with Gasteiger partial charge in [0.05, 0.1) is 0 Å². The molecule has 2 nitrogen and oxygen atoms in total. The van der Waals surface area contributed by atoms with Crippen LogP contribution >= 0.6 is 11.6 Å². The fraction of sp³-hybridized carbons (Fsp3) is 0.375. The third-order valence-electron chi connectivity index (χ3n) is 1.68. The minimum absolute atomic E-state index is 0.480. The minimum Gasteiger partial charge on any atom is -0.317 e. The van der Waals surface area contributed by atoms with Gasteiger partial charge in [-0.1, -0.05) is 18.2 Å². The maximum atomic E-state index is 10.6. The van der Waals surface area contributed by atoms with Crippen molar-refractivity contribution in [3.8, 4) is 0 Å². The molecule has 0 heterocycles. The summed E-state index contributed by atoms with van der Waals surface area (Å²) in [6.45, 7) is 0. The topological polar surface area (TPSA) is 43.1 Å². The number of hydrogen-bond donors (Lipinski definition) is 1. The zero-order chi connectivity index (χ0) is 8.27. The molecule has 0 saturated heterocycles. The van der Waals surface area contributed by atoms with Gasteiger partial charge < -0.3 is 5.73 Å². The van der Waals surface area contributed by atoms with E-state index in [1.54, 1.807) is 0 Å². The van der Waals surface area contributed by atoms with E-state index in [9.17, 15) is 4.79 Å². The smallest absolute Gasteiger partial charge is 0.242 e. The molecule has 0 spiro atoms. The number of allylic oxidation sites excluding steroid dienone is 3. The van der Waals surface area contributed by atoms with Gasteiger partial charge in [0.25, 0.3) is 0 Å². The predicted octanol–water partition coefficient (Wildman–Crippen LogP) is 1.36. The quantitative estimate of drug-likeness (QED) is 0.504. The van der Waals surface area contributed by atoms with Crippen LogP contribution in [0.1, 0.15) is 12.8 Å². The van der Waals surface area contributed by atoms with Gasteiger partial charge in [0, 0.05) is 0 Å². The lowest BCUT2D eigenvalue weighted by Gasteiger charge is -2.12. The average molecular weight is 172 g/mol. The summed E-state index contributed by atoms with van der Waals surface area (Å²) < 4.78 is 0. The second-order valence-electron chi connectivity index (χ2n) is 2.47. The van der Waals surface area contributed by atoms with Crippen LogP contribution in [0.3, 0.4) is 0 Å². The summed E-state index contributed by atoms with van der Waals surface area (Å²) in [5, 5.41) is -0.480. The molecular weight excluding hydrogens is 162 g/mol. The van der Waals surface area contributed by atoms with Crippen LogP contribution in [0.15, 0.2) is 23.8 Å². The second kappa shape index (κ2) is 3.69. The van der Waals surface area contributed by atoms with Gasteiger partial charge >= 0.3 is 0 Å². The van der Waals surface area contributed by atoms with Crippen LogP contribution in [0, 0.1) is 0 Å². The van der Waals surface area contributed by atoms with Gasteiger partial charge in [-0.25, -0.2) is 0 Å². The molecule has 1 aliphatic carbocycles. The number of carbonyl (C=O) groups excluding carboxylic acids is 1. The van der Waals surface area contributed by atoms with E-state index < -0.39 is 11.3 Å². The Morgan fingerprint density at radius 3 is 2.82 bits per heavy atom. The van der Waals surface area contributed by atoms with Gasteiger partial charge in [0.2, 0.25) is 5.24 Å². The second-order valence-corrected chi connectivity index (χ2v) is 2.84. The Bertz CT molecular complexity index is 220. The zero-order valence-electron chi connectivity index (χ0n) is 6.09. The molecule has 1 unspecified atom stereocenters. The van der Waals surface area contributed by atoms with Crippen molar-refractivity contribution in [3.05, 3.63) is 23.8 Å². The molecule has 1 rings (SSSR count). The van der Waals surface area contributed by atoms with Crippen LogP contribution in [0.2, 0.25) is 0 Å². The maximum Gasteiger partial charge on any atom is 0.242 e. The van der Waals surface area contributed by atoms with Crippen molar-refractivity contribution in [2.75, 3.05) is 0 Å². The third-order valence-corrected chi connectivity index (χ3v) is 1.92. The van der Waals surface area contributed by atoms with Crippen molar-refractivity contribution in [1.29, 1.82) is 0 Å². The highest BCUT2D eigenvalue weighted by atomic mass is 35.5. The van der Waals surface area contributed by atoms with Gasteiger partial charge in [-0.15, -0.1) is 0 Å². The van der Waals surface area contributed by atoms with Crippen molar-refractivity contribution in [2.24, 2.45) is 5.73 Å². The summed E-state index contributed by atoms with van der Waals surface area (Å²) in [6.07, 6.45) is 7.59. The molecular formula is C8H10ClNO. The normalized spacial score (nSPS) is 19.3. The molecule has 2 N–H and O–H groups in total. The number of halogens is 1. The Labute approximate surface area is 70.7 Å². The largest absolute Gasteiger partial charge is 0.317 e. The number of nitrogens with two attached hydrogens (primary N) is 1. The first-order valence-electron chi connectivity index (χ1n) is 3.50. The summed E-state index contributed by atoms with van der Waals surface area (Å²) >= 11 is 5.23. The first-order chi connectivity index (χ1) is 5.22. The number of rotatable bonds is 2. The standard InChI is InChI=1S/C8H10ClNO/c9-8(11)7(10)6-4-2-1-3-5-6/h1-2,5,7H,3-4,10H2. The molecule has 0 aromatic heterocycles. The van der Waals surface area contributed by atoms with Crippen LogP contribution in [0.25, 0.3) is 0 Å². The van der Waals surface area contributed by atoms with Crippen molar-refractivity contribution in [2.45, 2.75) is 18.9 Å².